The van der Waals surface area contributed by atoms with E-state index in [1.807, 2.05) is 0 Å². The fraction of sp³-hybridized carbons (Fsp3) is 0.938. The van der Waals surface area contributed by atoms with Gasteiger partial charge in [-0.25, -0.2) is 4.99 Å². The maximum Gasteiger partial charge on any atom is 0.207 e. The first kappa shape index (κ1) is 13.1. The van der Waals surface area contributed by atoms with Crippen molar-refractivity contribution in [1.82, 2.24) is 5.06 Å². The molecule has 2 aliphatic carbocycles. The Labute approximate surface area is 121 Å². The van der Waals surface area contributed by atoms with Crippen molar-refractivity contribution in [3.8, 4) is 0 Å². The Kier molecular flexibility index (Phi) is 2.60. The van der Waals surface area contributed by atoms with Crippen LogP contribution in [0.1, 0.15) is 52.9 Å². The lowest BCUT2D eigenvalue weighted by Crippen LogP contribution is -2.67. The van der Waals surface area contributed by atoms with Crippen LogP contribution in [0.5, 0.6) is 0 Å². The molecule has 3 atom stereocenters. The average Bonchev–Trinajstić information content (AvgIpc) is 2.84. The number of ether oxygens (including phenoxy) is 1. The van der Waals surface area contributed by atoms with Crippen molar-refractivity contribution in [3.63, 3.8) is 0 Å². The van der Waals surface area contributed by atoms with Crippen molar-refractivity contribution in [2.75, 3.05) is 6.61 Å². The number of hydroxylamine groups is 2. The van der Waals surface area contributed by atoms with E-state index in [0.717, 1.165) is 43.4 Å². The van der Waals surface area contributed by atoms with Crippen LogP contribution in [0, 0.1) is 17.3 Å². The second kappa shape index (κ2) is 3.98. The molecule has 5 aliphatic rings. The van der Waals surface area contributed by atoms with E-state index in [1.165, 1.54) is 11.5 Å². The van der Waals surface area contributed by atoms with Gasteiger partial charge >= 0.3 is 0 Å². The number of piperidine rings is 2. The Hall–Kier alpha value is -0.610. The highest BCUT2D eigenvalue weighted by molar-refractivity contribution is 5.88. The molecule has 2 saturated carbocycles. The molecule has 20 heavy (non-hydrogen) atoms. The van der Waals surface area contributed by atoms with Crippen LogP contribution in [0.15, 0.2) is 4.99 Å². The highest BCUT2D eigenvalue weighted by Crippen LogP contribution is 2.55. The van der Waals surface area contributed by atoms with E-state index in [0.29, 0.717) is 6.61 Å². The van der Waals surface area contributed by atoms with Crippen LogP contribution in [0.25, 0.3) is 0 Å². The average molecular weight is 277 g/mol. The molecule has 3 aliphatic heterocycles. The minimum Gasteiger partial charge on any atom is -0.477 e. The fourth-order valence-corrected chi connectivity index (χ4v) is 4.96. The lowest BCUT2D eigenvalue weighted by atomic mass is 9.58. The molecule has 0 spiro atoms. The van der Waals surface area contributed by atoms with Gasteiger partial charge in [-0.15, -0.1) is 10.3 Å². The molecule has 0 aromatic heterocycles. The van der Waals surface area contributed by atoms with Gasteiger partial charge in [-0.3, -0.25) is 0 Å². The van der Waals surface area contributed by atoms with Crippen molar-refractivity contribution in [1.29, 1.82) is 0 Å². The molecule has 2 saturated heterocycles. The van der Waals surface area contributed by atoms with Gasteiger partial charge < -0.3 is 4.74 Å². The lowest BCUT2D eigenvalue weighted by Gasteiger charge is -2.58. The third-order valence-electron chi connectivity index (χ3n) is 5.93. The summed E-state index contributed by atoms with van der Waals surface area (Å²) in [6.45, 7) is 7.24. The van der Waals surface area contributed by atoms with Crippen LogP contribution in [0.3, 0.4) is 0 Å². The van der Waals surface area contributed by atoms with E-state index < -0.39 is 5.54 Å². The van der Waals surface area contributed by atoms with Crippen LogP contribution < -0.4 is 0 Å². The molecular weight excluding hydrogens is 252 g/mol. The summed E-state index contributed by atoms with van der Waals surface area (Å²) in [5.41, 5.74) is -0.299. The molecule has 111 valence electrons. The predicted octanol–water partition coefficient (Wildman–Crippen LogP) is 2.81. The molecule has 0 aromatic rings. The maximum absolute atomic E-state index is 12.8. The normalized spacial score (nSPS) is 47.5. The second-order valence-corrected chi connectivity index (χ2v) is 8.49. The first-order valence-electron chi connectivity index (χ1n) is 8.06. The summed E-state index contributed by atoms with van der Waals surface area (Å²) in [6.07, 6.45) is 5.45. The molecule has 4 bridgehead atoms. The third-order valence-corrected chi connectivity index (χ3v) is 5.93. The molecule has 2 unspecified atom stereocenters. The Morgan fingerprint density at radius 2 is 1.85 bits per heavy atom. The summed E-state index contributed by atoms with van der Waals surface area (Å²) in [6, 6.07) is 0.417. The Bertz CT molecular complexity index is 440. The summed E-state index contributed by atoms with van der Waals surface area (Å²) >= 11 is 0. The minimum absolute atomic E-state index is 0.109. The van der Waals surface area contributed by atoms with Crippen molar-refractivity contribution in [2.45, 2.75) is 70.5 Å². The fourth-order valence-electron chi connectivity index (χ4n) is 4.96. The molecule has 4 heteroatoms. The Morgan fingerprint density at radius 3 is 2.40 bits per heavy atom. The van der Waals surface area contributed by atoms with E-state index in [2.05, 4.69) is 20.8 Å². The van der Waals surface area contributed by atoms with Crippen LogP contribution >= 0.6 is 0 Å². The molecule has 0 amide bonds. The Morgan fingerprint density at radius 1 is 1.20 bits per heavy atom. The minimum atomic E-state index is -0.408. The molecular formula is C16H25N2O2. The van der Waals surface area contributed by atoms with Crippen molar-refractivity contribution < 1.29 is 9.94 Å². The zero-order valence-corrected chi connectivity index (χ0v) is 12.8. The molecule has 3 heterocycles. The van der Waals surface area contributed by atoms with Gasteiger partial charge in [0, 0.05) is 6.04 Å². The van der Waals surface area contributed by atoms with E-state index in [-0.39, 0.29) is 17.5 Å². The van der Waals surface area contributed by atoms with Crippen LogP contribution in [-0.2, 0) is 9.94 Å². The van der Waals surface area contributed by atoms with Gasteiger partial charge in [-0.2, -0.15) is 0 Å². The third kappa shape index (κ3) is 1.70. The van der Waals surface area contributed by atoms with E-state index >= 15 is 0 Å². The summed E-state index contributed by atoms with van der Waals surface area (Å²) in [7, 11) is 0. The van der Waals surface area contributed by atoms with Crippen molar-refractivity contribution in [2.24, 2.45) is 22.2 Å². The molecule has 4 fully saturated rings. The van der Waals surface area contributed by atoms with Gasteiger partial charge in [0.1, 0.15) is 12.1 Å². The SMILES string of the molecule is CC(C)(C)[C@H]1COC(C23CC4CC(CC(C4)N2[O])C3)=N1. The monoisotopic (exact) mass is 277 g/mol. The van der Waals surface area contributed by atoms with Crippen molar-refractivity contribution in [3.05, 3.63) is 0 Å². The highest BCUT2D eigenvalue weighted by atomic mass is 16.5. The van der Waals surface area contributed by atoms with Gasteiger partial charge in [0.2, 0.25) is 5.90 Å². The maximum atomic E-state index is 12.8. The number of rotatable bonds is 1. The zero-order valence-electron chi connectivity index (χ0n) is 12.8. The number of hydrogen-bond donors (Lipinski definition) is 0. The molecule has 0 aromatic carbocycles. The number of hydrogen-bond acceptors (Lipinski definition) is 3. The Balaban J connectivity index is 1.67. The zero-order chi connectivity index (χ0) is 14.1. The summed E-state index contributed by atoms with van der Waals surface area (Å²) in [4.78, 5) is 4.85. The predicted molar refractivity (Wildman–Crippen MR) is 75.7 cm³/mol. The van der Waals surface area contributed by atoms with Gasteiger partial charge in [-0.1, -0.05) is 20.8 Å². The summed E-state index contributed by atoms with van der Waals surface area (Å²) in [5, 5.41) is 14.2. The van der Waals surface area contributed by atoms with Gasteiger partial charge in [0.25, 0.3) is 0 Å². The van der Waals surface area contributed by atoms with E-state index in [1.54, 1.807) is 0 Å². The smallest absolute Gasteiger partial charge is 0.207 e. The first-order chi connectivity index (χ1) is 9.38. The lowest BCUT2D eigenvalue weighted by molar-refractivity contribution is -0.294. The second-order valence-electron chi connectivity index (χ2n) is 8.49. The first-order valence-corrected chi connectivity index (χ1v) is 8.06. The number of aliphatic imine (C=N–C) groups is 1. The standard InChI is InChI=1S/C16H25N2O2/c1-15(2,3)13-9-20-14(17-13)16-7-10-4-11(8-16)6-12(5-10)18(16)19/h10-13H,4-9H2,1-3H3/t10?,11?,12?,13-,16?/m1/s1. The largest absolute Gasteiger partial charge is 0.477 e. The van der Waals surface area contributed by atoms with Crippen LogP contribution in [0.2, 0.25) is 0 Å². The van der Waals surface area contributed by atoms with Gasteiger partial charge in [0.05, 0.1) is 6.04 Å². The molecule has 5 rings (SSSR count). The number of nitrogens with zero attached hydrogens (tertiary/aromatic N) is 2. The topological polar surface area (TPSA) is 44.7 Å². The van der Waals surface area contributed by atoms with Gasteiger partial charge in [0.15, 0.2) is 0 Å². The van der Waals surface area contributed by atoms with Crippen molar-refractivity contribution >= 4 is 5.90 Å². The van der Waals surface area contributed by atoms with Crippen LogP contribution in [-0.4, -0.2) is 35.2 Å². The molecule has 1 radical (unpaired) electrons. The highest BCUT2D eigenvalue weighted by Gasteiger charge is 2.61. The molecule has 0 N–H and O–H groups in total. The van der Waals surface area contributed by atoms with E-state index in [4.69, 9.17) is 9.73 Å². The molecule has 4 nitrogen and oxygen atoms in total. The van der Waals surface area contributed by atoms with E-state index in [9.17, 15) is 5.21 Å². The summed E-state index contributed by atoms with van der Waals surface area (Å²) in [5.74, 6) is 2.21. The van der Waals surface area contributed by atoms with Crippen LogP contribution in [0.4, 0.5) is 0 Å². The van der Waals surface area contributed by atoms with Gasteiger partial charge in [-0.05, 0) is 49.4 Å². The quantitative estimate of drug-likeness (QED) is 0.740. The summed E-state index contributed by atoms with van der Waals surface area (Å²) < 4.78 is 5.96.